The Hall–Kier alpha value is -0.830. The lowest BCUT2D eigenvalue weighted by molar-refractivity contribution is -0.182. The molecule has 0 bridgehead atoms. The second kappa shape index (κ2) is 6.08. The molecular formula is C10H16F3NO4S. The minimum Gasteiger partial charge on any atom is -0.481 e. The SMILES string of the molecule is O=C(O)CCCS(=O)(=O)N1CCCC(C(F)(F)F)C1. The molecule has 0 aromatic carbocycles. The van der Waals surface area contributed by atoms with Crippen LogP contribution in [0.3, 0.4) is 0 Å². The Kier molecular flexibility index (Phi) is 5.19. The molecule has 5 nitrogen and oxygen atoms in total. The lowest BCUT2D eigenvalue weighted by Crippen LogP contribution is -2.45. The number of sulfonamides is 1. The highest BCUT2D eigenvalue weighted by molar-refractivity contribution is 7.89. The van der Waals surface area contributed by atoms with E-state index in [0.29, 0.717) is 0 Å². The van der Waals surface area contributed by atoms with Crippen molar-refractivity contribution in [2.24, 2.45) is 5.92 Å². The summed E-state index contributed by atoms with van der Waals surface area (Å²) in [5, 5.41) is 8.41. The lowest BCUT2D eigenvalue weighted by atomic mass is 9.99. The van der Waals surface area contributed by atoms with E-state index in [4.69, 9.17) is 5.11 Å². The highest BCUT2D eigenvalue weighted by Gasteiger charge is 2.43. The molecule has 0 radical (unpaired) electrons. The van der Waals surface area contributed by atoms with Crippen LogP contribution in [0.15, 0.2) is 0 Å². The number of aliphatic carboxylic acids is 1. The Labute approximate surface area is 109 Å². The second-order valence-electron chi connectivity index (χ2n) is 4.55. The predicted molar refractivity (Wildman–Crippen MR) is 61.0 cm³/mol. The van der Waals surface area contributed by atoms with E-state index in [2.05, 4.69) is 0 Å². The van der Waals surface area contributed by atoms with E-state index >= 15 is 0 Å². The average Bonchev–Trinajstić information content (AvgIpc) is 2.27. The number of halogens is 3. The van der Waals surface area contributed by atoms with Gasteiger partial charge < -0.3 is 5.11 Å². The minimum atomic E-state index is -4.39. The number of carboxylic acids is 1. The van der Waals surface area contributed by atoms with E-state index in [0.717, 1.165) is 4.31 Å². The molecule has 1 heterocycles. The van der Waals surface area contributed by atoms with Crippen LogP contribution in [-0.2, 0) is 14.8 Å². The van der Waals surface area contributed by atoms with Crippen LogP contribution in [0.2, 0.25) is 0 Å². The summed E-state index contributed by atoms with van der Waals surface area (Å²) in [6, 6.07) is 0. The van der Waals surface area contributed by atoms with Crippen molar-refractivity contribution >= 4 is 16.0 Å². The van der Waals surface area contributed by atoms with Crippen LogP contribution in [0, 0.1) is 5.92 Å². The van der Waals surface area contributed by atoms with E-state index in [1.165, 1.54) is 0 Å². The molecule has 1 rings (SSSR count). The van der Waals surface area contributed by atoms with Gasteiger partial charge in [0.15, 0.2) is 0 Å². The average molecular weight is 303 g/mol. The molecule has 0 amide bonds. The van der Waals surface area contributed by atoms with Gasteiger partial charge >= 0.3 is 12.1 Å². The zero-order valence-electron chi connectivity index (χ0n) is 10.2. The van der Waals surface area contributed by atoms with Gasteiger partial charge in [-0.3, -0.25) is 4.79 Å². The van der Waals surface area contributed by atoms with Gasteiger partial charge in [-0.1, -0.05) is 0 Å². The van der Waals surface area contributed by atoms with Crippen LogP contribution in [-0.4, -0.2) is 48.8 Å². The summed E-state index contributed by atoms with van der Waals surface area (Å²) >= 11 is 0. The van der Waals surface area contributed by atoms with Gasteiger partial charge in [0.2, 0.25) is 10.0 Å². The standard InChI is InChI=1S/C10H16F3NO4S/c11-10(12,13)8-3-1-5-14(7-8)19(17,18)6-2-4-9(15)16/h8H,1-7H2,(H,15,16). The Morgan fingerprint density at radius 2 is 2.00 bits per heavy atom. The summed E-state index contributed by atoms with van der Waals surface area (Å²) in [7, 11) is -3.80. The van der Waals surface area contributed by atoms with E-state index in [1.807, 2.05) is 0 Å². The molecule has 1 aliphatic heterocycles. The van der Waals surface area contributed by atoms with Gasteiger partial charge in [-0.2, -0.15) is 13.2 Å². The highest BCUT2D eigenvalue weighted by atomic mass is 32.2. The molecule has 1 unspecified atom stereocenters. The molecule has 9 heteroatoms. The lowest BCUT2D eigenvalue weighted by Gasteiger charge is -2.32. The highest BCUT2D eigenvalue weighted by Crippen LogP contribution is 2.34. The molecular weight excluding hydrogens is 287 g/mol. The monoisotopic (exact) mass is 303 g/mol. The Morgan fingerprint density at radius 1 is 1.37 bits per heavy atom. The molecule has 1 fully saturated rings. The van der Waals surface area contributed by atoms with Crippen molar-refractivity contribution in [1.82, 2.24) is 4.31 Å². The topological polar surface area (TPSA) is 74.7 Å². The molecule has 1 aliphatic rings. The van der Waals surface area contributed by atoms with Gasteiger partial charge in [0, 0.05) is 19.5 Å². The van der Waals surface area contributed by atoms with E-state index < -0.39 is 40.4 Å². The van der Waals surface area contributed by atoms with E-state index in [-0.39, 0.29) is 32.2 Å². The van der Waals surface area contributed by atoms with Crippen LogP contribution in [0.1, 0.15) is 25.7 Å². The number of nitrogens with zero attached hydrogens (tertiary/aromatic N) is 1. The zero-order valence-corrected chi connectivity index (χ0v) is 11.0. The molecule has 1 N–H and O–H groups in total. The smallest absolute Gasteiger partial charge is 0.393 e. The van der Waals surface area contributed by atoms with Gasteiger partial charge in [0.25, 0.3) is 0 Å². The summed E-state index contributed by atoms with van der Waals surface area (Å²) in [5.74, 6) is -3.18. The molecule has 112 valence electrons. The largest absolute Gasteiger partial charge is 0.481 e. The fourth-order valence-electron chi connectivity index (χ4n) is 2.00. The fourth-order valence-corrected chi connectivity index (χ4v) is 3.58. The van der Waals surface area contributed by atoms with Crippen molar-refractivity contribution in [2.75, 3.05) is 18.8 Å². The first-order valence-electron chi connectivity index (χ1n) is 5.89. The fraction of sp³-hybridized carbons (Fsp3) is 0.900. The Morgan fingerprint density at radius 3 is 2.53 bits per heavy atom. The van der Waals surface area contributed by atoms with Crippen LogP contribution in [0.25, 0.3) is 0 Å². The van der Waals surface area contributed by atoms with Gasteiger partial charge in [0.1, 0.15) is 0 Å². The van der Waals surface area contributed by atoms with Crippen molar-refractivity contribution in [3.63, 3.8) is 0 Å². The van der Waals surface area contributed by atoms with Crippen LogP contribution in [0.5, 0.6) is 0 Å². The maximum absolute atomic E-state index is 12.6. The first-order chi connectivity index (χ1) is 8.63. The molecule has 19 heavy (non-hydrogen) atoms. The van der Waals surface area contributed by atoms with Gasteiger partial charge in [-0.25, -0.2) is 12.7 Å². The Bertz CT molecular complexity index is 421. The third kappa shape index (κ3) is 4.98. The van der Waals surface area contributed by atoms with Crippen molar-refractivity contribution in [2.45, 2.75) is 31.9 Å². The van der Waals surface area contributed by atoms with Crippen LogP contribution >= 0.6 is 0 Å². The number of hydrogen-bond donors (Lipinski definition) is 1. The second-order valence-corrected chi connectivity index (χ2v) is 6.64. The first-order valence-corrected chi connectivity index (χ1v) is 7.50. The van der Waals surface area contributed by atoms with Crippen molar-refractivity contribution in [3.8, 4) is 0 Å². The molecule has 0 aromatic rings. The van der Waals surface area contributed by atoms with Gasteiger partial charge in [-0.15, -0.1) is 0 Å². The molecule has 0 spiro atoms. The molecule has 0 saturated carbocycles. The minimum absolute atomic E-state index is 0.0648. The summed E-state index contributed by atoms with van der Waals surface area (Å²) in [4.78, 5) is 10.3. The number of carbonyl (C=O) groups is 1. The van der Waals surface area contributed by atoms with Crippen LogP contribution in [0.4, 0.5) is 13.2 Å². The van der Waals surface area contributed by atoms with E-state index in [1.54, 1.807) is 0 Å². The van der Waals surface area contributed by atoms with E-state index in [9.17, 15) is 26.4 Å². The summed E-state index contributed by atoms with van der Waals surface area (Å²) in [5.41, 5.74) is 0. The van der Waals surface area contributed by atoms with Crippen molar-refractivity contribution < 1.29 is 31.5 Å². The number of carboxylic acid groups (broad SMARTS) is 1. The number of hydrogen-bond acceptors (Lipinski definition) is 3. The number of piperidine rings is 1. The summed E-state index contributed by atoms with van der Waals surface area (Å²) < 4.78 is 62.1. The zero-order chi connectivity index (χ0) is 14.7. The maximum atomic E-state index is 12.6. The normalized spacial score (nSPS) is 22.4. The van der Waals surface area contributed by atoms with Gasteiger partial charge in [0.05, 0.1) is 11.7 Å². The molecule has 1 saturated heterocycles. The quantitative estimate of drug-likeness (QED) is 0.834. The van der Waals surface area contributed by atoms with Gasteiger partial charge in [-0.05, 0) is 19.3 Å². The maximum Gasteiger partial charge on any atom is 0.393 e. The predicted octanol–water partition coefficient (Wildman–Crippen LogP) is 1.46. The summed E-state index contributed by atoms with van der Waals surface area (Å²) in [6.45, 7) is -0.485. The Balaban J connectivity index is 2.60. The van der Waals surface area contributed by atoms with Crippen molar-refractivity contribution in [1.29, 1.82) is 0 Å². The number of rotatable bonds is 5. The molecule has 0 aromatic heterocycles. The molecule has 0 aliphatic carbocycles. The summed E-state index contributed by atoms with van der Waals surface area (Å²) in [6.07, 6.45) is -4.69. The number of alkyl halides is 3. The van der Waals surface area contributed by atoms with Crippen molar-refractivity contribution in [3.05, 3.63) is 0 Å². The third-order valence-corrected chi connectivity index (χ3v) is 4.96. The first kappa shape index (κ1) is 16.2. The third-order valence-electron chi connectivity index (χ3n) is 3.03. The van der Waals surface area contributed by atoms with Crippen LogP contribution < -0.4 is 0 Å². The molecule has 1 atom stereocenters.